The highest BCUT2D eigenvalue weighted by Crippen LogP contribution is 2.24. The average Bonchev–Trinajstić information content (AvgIpc) is 2.97. The van der Waals surface area contributed by atoms with Crippen molar-refractivity contribution in [3.8, 4) is 0 Å². The molecule has 1 aliphatic heterocycles. The quantitative estimate of drug-likeness (QED) is 0.939. The molecule has 3 heterocycles. The summed E-state index contributed by atoms with van der Waals surface area (Å²) in [5, 5.41) is 7.62. The number of aromatic nitrogens is 4. The molecule has 3 rings (SSSR count). The fourth-order valence-corrected chi connectivity index (χ4v) is 3.58. The van der Waals surface area contributed by atoms with Crippen molar-refractivity contribution in [2.24, 2.45) is 7.05 Å². The maximum atomic E-state index is 12.7. The number of nitrogens with zero attached hydrogens (tertiary/aromatic N) is 4. The first-order valence-corrected chi connectivity index (χ1v) is 8.20. The van der Waals surface area contributed by atoms with Crippen LogP contribution in [0.2, 0.25) is 0 Å². The summed E-state index contributed by atoms with van der Waals surface area (Å²) in [7, 11) is 1.92. The first-order valence-electron chi connectivity index (χ1n) is 8.20. The lowest BCUT2D eigenvalue weighted by Crippen LogP contribution is -2.42. The molecule has 2 aromatic rings. The van der Waals surface area contributed by atoms with E-state index in [1.54, 1.807) is 0 Å². The standard InChI is InChI=1S/C17H25N5O/c1-10-8-22-9-14(6-7-15(22)18-10)19-17(23)11(2)16-12(3)20-21(5)13(16)4/h8,11,14H,6-7,9H2,1-5H3,(H,19,23)/t11-,14-/m1/s1. The van der Waals surface area contributed by atoms with Gasteiger partial charge in [-0.05, 0) is 34.1 Å². The number of hydrogen-bond donors (Lipinski definition) is 1. The van der Waals surface area contributed by atoms with Gasteiger partial charge in [0, 0.05) is 43.5 Å². The van der Waals surface area contributed by atoms with Gasteiger partial charge in [0.25, 0.3) is 0 Å². The van der Waals surface area contributed by atoms with Crippen LogP contribution in [0.15, 0.2) is 6.20 Å². The van der Waals surface area contributed by atoms with Crippen molar-refractivity contribution >= 4 is 5.91 Å². The van der Waals surface area contributed by atoms with E-state index in [9.17, 15) is 4.79 Å². The predicted octanol–water partition coefficient (Wildman–Crippen LogP) is 1.78. The molecule has 0 aromatic carbocycles. The van der Waals surface area contributed by atoms with Gasteiger partial charge in [0.2, 0.25) is 5.91 Å². The third-order valence-corrected chi connectivity index (χ3v) is 4.85. The lowest BCUT2D eigenvalue weighted by Gasteiger charge is -2.26. The summed E-state index contributed by atoms with van der Waals surface area (Å²) >= 11 is 0. The van der Waals surface area contributed by atoms with Crippen molar-refractivity contribution < 1.29 is 4.79 Å². The first-order chi connectivity index (χ1) is 10.9. The summed E-state index contributed by atoms with van der Waals surface area (Å²) in [6, 6.07) is 0.170. The minimum Gasteiger partial charge on any atom is -0.351 e. The Hall–Kier alpha value is -2.11. The highest BCUT2D eigenvalue weighted by atomic mass is 16.1. The fraction of sp³-hybridized carbons (Fsp3) is 0.588. The SMILES string of the molecule is Cc1cn2c(n1)CC[C@@H](NC(=O)[C@H](C)c1c(C)nn(C)c1C)C2. The summed E-state index contributed by atoms with van der Waals surface area (Å²) in [5.41, 5.74) is 4.08. The van der Waals surface area contributed by atoms with E-state index in [2.05, 4.69) is 26.2 Å². The molecule has 1 aliphatic rings. The third kappa shape index (κ3) is 2.90. The number of imidazole rings is 1. The second-order valence-corrected chi connectivity index (χ2v) is 6.62. The van der Waals surface area contributed by atoms with E-state index in [1.807, 2.05) is 39.4 Å². The minimum atomic E-state index is -0.186. The number of carbonyl (C=O) groups excluding carboxylic acids is 1. The molecule has 2 atom stereocenters. The van der Waals surface area contributed by atoms with Crippen molar-refractivity contribution in [3.63, 3.8) is 0 Å². The smallest absolute Gasteiger partial charge is 0.227 e. The van der Waals surface area contributed by atoms with E-state index < -0.39 is 0 Å². The fourth-order valence-electron chi connectivity index (χ4n) is 3.58. The van der Waals surface area contributed by atoms with Crippen LogP contribution in [0, 0.1) is 20.8 Å². The van der Waals surface area contributed by atoms with Gasteiger partial charge in [-0.3, -0.25) is 9.48 Å². The van der Waals surface area contributed by atoms with Crippen molar-refractivity contribution in [1.82, 2.24) is 24.6 Å². The van der Waals surface area contributed by atoms with E-state index in [0.29, 0.717) is 0 Å². The lowest BCUT2D eigenvalue weighted by atomic mass is 9.97. The van der Waals surface area contributed by atoms with E-state index in [4.69, 9.17) is 0 Å². The van der Waals surface area contributed by atoms with E-state index in [0.717, 1.165) is 47.9 Å². The highest BCUT2D eigenvalue weighted by Gasteiger charge is 2.26. The summed E-state index contributed by atoms with van der Waals surface area (Å²) in [5.74, 6) is 1.02. The largest absolute Gasteiger partial charge is 0.351 e. The molecule has 2 aromatic heterocycles. The Labute approximate surface area is 136 Å². The van der Waals surface area contributed by atoms with Crippen molar-refractivity contribution in [2.45, 2.75) is 59.0 Å². The van der Waals surface area contributed by atoms with Gasteiger partial charge in [-0.1, -0.05) is 0 Å². The van der Waals surface area contributed by atoms with Gasteiger partial charge in [0.15, 0.2) is 0 Å². The van der Waals surface area contributed by atoms with Gasteiger partial charge in [-0.2, -0.15) is 5.10 Å². The van der Waals surface area contributed by atoms with Gasteiger partial charge in [-0.15, -0.1) is 0 Å². The number of fused-ring (bicyclic) bond motifs is 1. The Kier molecular flexibility index (Phi) is 4.00. The van der Waals surface area contributed by atoms with Crippen molar-refractivity contribution in [3.05, 3.63) is 34.7 Å². The van der Waals surface area contributed by atoms with Gasteiger partial charge < -0.3 is 9.88 Å². The Bertz CT molecular complexity index is 742. The zero-order chi connectivity index (χ0) is 16.7. The number of hydrogen-bond acceptors (Lipinski definition) is 3. The molecule has 6 nitrogen and oxygen atoms in total. The summed E-state index contributed by atoms with van der Waals surface area (Å²) in [6.45, 7) is 8.75. The zero-order valence-electron chi connectivity index (χ0n) is 14.6. The maximum absolute atomic E-state index is 12.7. The molecule has 0 bridgehead atoms. The first kappa shape index (κ1) is 15.8. The van der Waals surface area contributed by atoms with E-state index in [-0.39, 0.29) is 17.9 Å². The topological polar surface area (TPSA) is 64.7 Å². The van der Waals surface area contributed by atoms with Crippen LogP contribution in [0.1, 0.15) is 47.7 Å². The van der Waals surface area contributed by atoms with Crippen LogP contribution in [0.3, 0.4) is 0 Å². The van der Waals surface area contributed by atoms with Crippen LogP contribution in [-0.2, 0) is 24.8 Å². The molecule has 23 heavy (non-hydrogen) atoms. The highest BCUT2D eigenvalue weighted by molar-refractivity contribution is 5.84. The van der Waals surface area contributed by atoms with Crippen molar-refractivity contribution in [1.29, 1.82) is 0 Å². The Morgan fingerprint density at radius 3 is 2.78 bits per heavy atom. The molecule has 1 amide bonds. The predicted molar refractivity (Wildman–Crippen MR) is 88.3 cm³/mol. The van der Waals surface area contributed by atoms with Gasteiger partial charge in [-0.25, -0.2) is 4.98 Å². The van der Waals surface area contributed by atoms with E-state index >= 15 is 0 Å². The minimum absolute atomic E-state index is 0.0782. The van der Waals surface area contributed by atoms with Crippen LogP contribution in [0.5, 0.6) is 0 Å². The Morgan fingerprint density at radius 2 is 2.13 bits per heavy atom. The molecule has 0 aliphatic carbocycles. The number of amides is 1. The van der Waals surface area contributed by atoms with Crippen LogP contribution in [0.4, 0.5) is 0 Å². The number of nitrogens with one attached hydrogen (secondary N) is 1. The van der Waals surface area contributed by atoms with Gasteiger partial charge >= 0.3 is 0 Å². The number of aryl methyl sites for hydroxylation is 4. The molecule has 0 saturated carbocycles. The van der Waals surface area contributed by atoms with Crippen molar-refractivity contribution in [2.75, 3.05) is 0 Å². The molecular weight excluding hydrogens is 290 g/mol. The molecule has 6 heteroatoms. The maximum Gasteiger partial charge on any atom is 0.227 e. The normalized spacial score (nSPS) is 18.6. The zero-order valence-corrected chi connectivity index (χ0v) is 14.6. The van der Waals surface area contributed by atoms with Crippen LogP contribution < -0.4 is 5.32 Å². The summed E-state index contributed by atoms with van der Waals surface area (Å²) in [4.78, 5) is 17.2. The molecule has 1 N–H and O–H groups in total. The Balaban J connectivity index is 1.70. The second kappa shape index (κ2) is 5.83. The molecule has 0 fully saturated rings. The third-order valence-electron chi connectivity index (χ3n) is 4.85. The molecule has 124 valence electrons. The van der Waals surface area contributed by atoms with Gasteiger partial charge in [0.1, 0.15) is 5.82 Å². The Morgan fingerprint density at radius 1 is 1.39 bits per heavy atom. The number of carbonyl (C=O) groups is 1. The number of rotatable bonds is 3. The van der Waals surface area contributed by atoms with Crippen LogP contribution in [0.25, 0.3) is 0 Å². The van der Waals surface area contributed by atoms with Crippen LogP contribution in [-0.4, -0.2) is 31.3 Å². The molecule has 0 radical (unpaired) electrons. The average molecular weight is 315 g/mol. The molecule has 0 unspecified atom stereocenters. The molecular formula is C17H25N5O. The monoisotopic (exact) mass is 315 g/mol. The second-order valence-electron chi connectivity index (χ2n) is 6.62. The molecule has 0 spiro atoms. The molecule has 0 saturated heterocycles. The lowest BCUT2D eigenvalue weighted by molar-refractivity contribution is -0.123. The summed E-state index contributed by atoms with van der Waals surface area (Å²) in [6.07, 6.45) is 3.92. The van der Waals surface area contributed by atoms with Crippen LogP contribution >= 0.6 is 0 Å². The van der Waals surface area contributed by atoms with Gasteiger partial charge in [0.05, 0.1) is 17.3 Å². The summed E-state index contributed by atoms with van der Waals surface area (Å²) < 4.78 is 4.00. The van der Waals surface area contributed by atoms with E-state index in [1.165, 1.54) is 0 Å².